The molecule has 1 aliphatic rings. The minimum atomic E-state index is -0.381. The van der Waals surface area contributed by atoms with Crippen LogP contribution in [0.3, 0.4) is 0 Å². The molecule has 5 rings (SSSR count). The molecule has 144 valence electrons. The largest absolute Gasteiger partial charge is 0.370 e. The summed E-state index contributed by atoms with van der Waals surface area (Å²) < 4.78 is 16.4. The highest BCUT2D eigenvalue weighted by Gasteiger charge is 2.15. The number of nitrogens with zero attached hydrogens (tertiary/aromatic N) is 4. The van der Waals surface area contributed by atoms with Gasteiger partial charge in [-0.25, -0.2) is 9.37 Å². The first-order valence-corrected chi connectivity index (χ1v) is 10.4. The van der Waals surface area contributed by atoms with E-state index in [0.717, 1.165) is 34.4 Å². The quantitative estimate of drug-likeness (QED) is 0.396. The Hall–Kier alpha value is -2.81. The number of hydrogen-bond acceptors (Lipinski definition) is 4. The number of fused-ring (bicyclic) bond motifs is 2. The third kappa shape index (κ3) is 3.50. The van der Waals surface area contributed by atoms with Crippen LogP contribution in [-0.2, 0) is 6.42 Å². The minimum absolute atomic E-state index is 0.381. The van der Waals surface area contributed by atoms with Crippen molar-refractivity contribution in [2.75, 3.05) is 11.9 Å². The first-order valence-electron chi connectivity index (χ1n) is 9.35. The second-order valence-corrected chi connectivity index (χ2v) is 8.08. The van der Waals surface area contributed by atoms with Gasteiger partial charge in [0, 0.05) is 24.4 Å². The summed E-state index contributed by atoms with van der Waals surface area (Å²) in [6, 6.07) is 11.9. The van der Waals surface area contributed by atoms with Crippen LogP contribution in [0, 0.1) is 9.39 Å². The molecule has 0 spiro atoms. The highest BCUT2D eigenvalue weighted by atomic mass is 127. The van der Waals surface area contributed by atoms with E-state index >= 15 is 0 Å². The molecule has 3 aromatic heterocycles. The molecule has 0 atom stereocenters. The highest BCUT2D eigenvalue weighted by molar-refractivity contribution is 14.1. The lowest BCUT2D eigenvalue weighted by molar-refractivity contribution is 0.622. The molecular formula is C22H17FIN5. The van der Waals surface area contributed by atoms with Gasteiger partial charge in [-0.1, -0.05) is 30.3 Å². The van der Waals surface area contributed by atoms with Gasteiger partial charge in [0.15, 0.2) is 5.65 Å². The fourth-order valence-electron chi connectivity index (χ4n) is 3.68. The van der Waals surface area contributed by atoms with Crippen LogP contribution in [0.25, 0.3) is 22.5 Å². The van der Waals surface area contributed by atoms with E-state index in [4.69, 9.17) is 0 Å². The third-order valence-corrected chi connectivity index (χ3v) is 5.82. The lowest BCUT2D eigenvalue weighted by Crippen LogP contribution is -2.08. The SMILES string of the molecule is Fc1cncc(-c2cc(NCCC3=CCc4ccccc43)n3ncc(I)c3n2)c1. The molecule has 0 saturated carbocycles. The summed E-state index contributed by atoms with van der Waals surface area (Å²) in [5, 5.41) is 7.92. The number of benzene rings is 1. The van der Waals surface area contributed by atoms with Crippen LogP contribution in [0.2, 0.25) is 0 Å². The monoisotopic (exact) mass is 497 g/mol. The zero-order valence-electron chi connectivity index (χ0n) is 15.4. The average molecular weight is 497 g/mol. The predicted molar refractivity (Wildman–Crippen MR) is 120 cm³/mol. The van der Waals surface area contributed by atoms with Crippen molar-refractivity contribution in [3.63, 3.8) is 0 Å². The molecule has 7 heteroatoms. The maximum Gasteiger partial charge on any atom is 0.171 e. The molecule has 1 aromatic carbocycles. The van der Waals surface area contributed by atoms with Crippen LogP contribution in [0.15, 0.2) is 61.1 Å². The first kappa shape index (κ1) is 18.2. The van der Waals surface area contributed by atoms with E-state index in [9.17, 15) is 4.39 Å². The van der Waals surface area contributed by atoms with Crippen molar-refractivity contribution in [3.8, 4) is 11.3 Å². The fourth-order valence-corrected chi connectivity index (χ4v) is 4.15. The van der Waals surface area contributed by atoms with Crippen molar-refractivity contribution in [1.82, 2.24) is 19.6 Å². The third-order valence-electron chi connectivity index (χ3n) is 5.06. The van der Waals surface area contributed by atoms with E-state index in [-0.39, 0.29) is 5.82 Å². The molecule has 29 heavy (non-hydrogen) atoms. The molecule has 0 unspecified atom stereocenters. The zero-order chi connectivity index (χ0) is 19.8. The lowest BCUT2D eigenvalue weighted by atomic mass is 10.0. The summed E-state index contributed by atoms with van der Waals surface area (Å²) in [6.45, 7) is 0.760. The summed E-state index contributed by atoms with van der Waals surface area (Å²) in [7, 11) is 0. The molecule has 0 amide bonds. The molecule has 0 saturated heterocycles. The summed E-state index contributed by atoms with van der Waals surface area (Å²) in [4.78, 5) is 8.61. The topological polar surface area (TPSA) is 55.1 Å². The van der Waals surface area contributed by atoms with E-state index in [1.165, 1.54) is 29.0 Å². The van der Waals surface area contributed by atoms with Crippen LogP contribution in [0.1, 0.15) is 17.5 Å². The van der Waals surface area contributed by atoms with Crippen LogP contribution >= 0.6 is 22.6 Å². The van der Waals surface area contributed by atoms with Gasteiger partial charge in [0.1, 0.15) is 11.6 Å². The maximum atomic E-state index is 13.7. The van der Waals surface area contributed by atoms with Crippen molar-refractivity contribution in [2.24, 2.45) is 0 Å². The van der Waals surface area contributed by atoms with E-state index in [1.54, 1.807) is 16.9 Å². The van der Waals surface area contributed by atoms with Crippen molar-refractivity contribution >= 4 is 39.6 Å². The Morgan fingerprint density at radius 1 is 1.14 bits per heavy atom. The number of nitrogens with one attached hydrogen (secondary N) is 1. The van der Waals surface area contributed by atoms with Crippen molar-refractivity contribution in [3.05, 3.63) is 81.6 Å². The van der Waals surface area contributed by atoms with Gasteiger partial charge in [-0.15, -0.1) is 0 Å². The lowest BCUT2D eigenvalue weighted by Gasteiger charge is -2.12. The zero-order valence-corrected chi connectivity index (χ0v) is 17.6. The molecule has 0 radical (unpaired) electrons. The maximum absolute atomic E-state index is 13.7. The number of pyridine rings is 1. The summed E-state index contributed by atoms with van der Waals surface area (Å²) in [6.07, 6.45) is 8.80. The Morgan fingerprint density at radius 2 is 2.03 bits per heavy atom. The Bertz CT molecular complexity index is 1250. The van der Waals surface area contributed by atoms with Gasteiger partial charge in [0.2, 0.25) is 0 Å². The van der Waals surface area contributed by atoms with E-state index < -0.39 is 0 Å². The Labute approximate surface area is 180 Å². The number of allylic oxidation sites excluding steroid dienone is 1. The molecule has 0 aliphatic heterocycles. The number of hydrogen-bond donors (Lipinski definition) is 1. The molecule has 1 N–H and O–H groups in total. The van der Waals surface area contributed by atoms with E-state index in [1.807, 2.05) is 6.07 Å². The summed E-state index contributed by atoms with van der Waals surface area (Å²) in [5.74, 6) is 0.442. The number of anilines is 1. The Balaban J connectivity index is 1.42. The van der Waals surface area contributed by atoms with Gasteiger partial charge in [-0.3, -0.25) is 4.98 Å². The second kappa shape index (κ2) is 7.55. The Kier molecular flexibility index (Phi) is 4.75. The normalized spacial score (nSPS) is 12.8. The molecule has 0 fully saturated rings. The smallest absolute Gasteiger partial charge is 0.171 e. The minimum Gasteiger partial charge on any atom is -0.370 e. The fraction of sp³-hybridized carbons (Fsp3) is 0.136. The van der Waals surface area contributed by atoms with E-state index in [2.05, 4.69) is 73.3 Å². The molecule has 1 aliphatic carbocycles. The van der Waals surface area contributed by atoms with Crippen molar-refractivity contribution in [2.45, 2.75) is 12.8 Å². The summed E-state index contributed by atoms with van der Waals surface area (Å²) >= 11 is 2.21. The van der Waals surface area contributed by atoms with Gasteiger partial charge in [-0.05, 0) is 58.2 Å². The number of aromatic nitrogens is 4. The van der Waals surface area contributed by atoms with E-state index in [0.29, 0.717) is 11.3 Å². The van der Waals surface area contributed by atoms with Gasteiger partial charge < -0.3 is 5.32 Å². The molecule has 0 bridgehead atoms. The highest BCUT2D eigenvalue weighted by Crippen LogP contribution is 2.30. The standard InChI is InChI=1S/C22H17FIN5/c23-17-9-16(11-25-12-17)20-10-21(29-22(28-20)19(24)13-27-29)26-8-7-15-6-5-14-3-1-2-4-18(14)15/h1-4,6,9-13,26H,5,7-8H2. The first-order chi connectivity index (χ1) is 14.2. The predicted octanol–water partition coefficient (Wildman–Crippen LogP) is 4.98. The number of halogens is 2. The van der Waals surface area contributed by atoms with Crippen molar-refractivity contribution < 1.29 is 4.39 Å². The molecule has 5 nitrogen and oxygen atoms in total. The van der Waals surface area contributed by atoms with Gasteiger partial charge >= 0.3 is 0 Å². The van der Waals surface area contributed by atoms with Gasteiger partial charge in [0.25, 0.3) is 0 Å². The Morgan fingerprint density at radius 3 is 2.93 bits per heavy atom. The van der Waals surface area contributed by atoms with Gasteiger partial charge in [0.05, 0.1) is 21.7 Å². The van der Waals surface area contributed by atoms with Crippen LogP contribution in [0.4, 0.5) is 10.2 Å². The molecule has 4 aromatic rings. The second-order valence-electron chi connectivity index (χ2n) is 6.91. The van der Waals surface area contributed by atoms with Crippen molar-refractivity contribution in [1.29, 1.82) is 0 Å². The molecular weight excluding hydrogens is 480 g/mol. The van der Waals surface area contributed by atoms with Crippen LogP contribution in [0.5, 0.6) is 0 Å². The van der Waals surface area contributed by atoms with Crippen LogP contribution in [-0.4, -0.2) is 26.1 Å². The number of rotatable bonds is 5. The molecule has 3 heterocycles. The van der Waals surface area contributed by atoms with Crippen LogP contribution < -0.4 is 5.32 Å². The van der Waals surface area contributed by atoms with Gasteiger partial charge in [-0.2, -0.15) is 9.61 Å². The summed E-state index contributed by atoms with van der Waals surface area (Å²) in [5.41, 5.74) is 6.13. The average Bonchev–Trinajstić information content (AvgIpc) is 3.32.